The van der Waals surface area contributed by atoms with E-state index >= 15 is 0 Å². The van der Waals surface area contributed by atoms with Gasteiger partial charge in [0, 0.05) is 10.9 Å². The molecule has 7 heteroatoms. The SMILES string of the molecule is C#CCNC(=O)CNc1nc(CN(C)C)nc2scc(-c3ccccc3)c12. The molecule has 2 aromatic heterocycles. The first kappa shape index (κ1) is 18.8. The summed E-state index contributed by atoms with van der Waals surface area (Å²) in [4.78, 5) is 24.2. The predicted octanol–water partition coefficient (Wildman–Crippen LogP) is 2.58. The van der Waals surface area contributed by atoms with Gasteiger partial charge in [0.1, 0.15) is 16.5 Å². The van der Waals surface area contributed by atoms with Gasteiger partial charge < -0.3 is 15.5 Å². The number of rotatable bonds is 7. The average Bonchev–Trinajstić information content (AvgIpc) is 3.08. The number of terminal acetylenes is 1. The van der Waals surface area contributed by atoms with E-state index in [0.717, 1.165) is 21.3 Å². The minimum atomic E-state index is -0.176. The highest BCUT2D eigenvalue weighted by Crippen LogP contribution is 2.36. The second kappa shape index (κ2) is 8.62. The lowest BCUT2D eigenvalue weighted by Crippen LogP contribution is -2.30. The van der Waals surface area contributed by atoms with E-state index in [0.29, 0.717) is 18.2 Å². The molecule has 0 spiro atoms. The van der Waals surface area contributed by atoms with Crippen molar-refractivity contribution in [1.29, 1.82) is 0 Å². The first-order chi connectivity index (χ1) is 13.1. The summed E-state index contributed by atoms with van der Waals surface area (Å²) in [7, 11) is 3.94. The van der Waals surface area contributed by atoms with Crippen molar-refractivity contribution in [3.8, 4) is 23.5 Å². The van der Waals surface area contributed by atoms with Crippen LogP contribution < -0.4 is 10.6 Å². The molecule has 1 aromatic carbocycles. The molecule has 27 heavy (non-hydrogen) atoms. The zero-order chi connectivity index (χ0) is 19.2. The highest BCUT2D eigenvalue weighted by molar-refractivity contribution is 7.17. The highest BCUT2D eigenvalue weighted by atomic mass is 32.1. The van der Waals surface area contributed by atoms with Gasteiger partial charge in [-0.15, -0.1) is 17.8 Å². The molecular weight excluding hydrogens is 358 g/mol. The smallest absolute Gasteiger partial charge is 0.240 e. The Morgan fingerprint density at radius 3 is 2.74 bits per heavy atom. The number of hydrogen-bond acceptors (Lipinski definition) is 6. The van der Waals surface area contributed by atoms with Crippen molar-refractivity contribution < 1.29 is 4.79 Å². The van der Waals surface area contributed by atoms with E-state index in [1.54, 1.807) is 11.3 Å². The predicted molar refractivity (Wildman–Crippen MR) is 111 cm³/mol. The Balaban J connectivity index is 2.00. The normalized spacial score (nSPS) is 10.7. The summed E-state index contributed by atoms with van der Waals surface area (Å²) in [5.74, 6) is 3.59. The Morgan fingerprint density at radius 2 is 2.04 bits per heavy atom. The maximum absolute atomic E-state index is 11.9. The van der Waals surface area contributed by atoms with Gasteiger partial charge in [-0.3, -0.25) is 4.79 Å². The lowest BCUT2D eigenvalue weighted by atomic mass is 10.1. The molecule has 0 aliphatic heterocycles. The molecule has 3 rings (SSSR count). The van der Waals surface area contributed by atoms with Gasteiger partial charge >= 0.3 is 0 Å². The summed E-state index contributed by atoms with van der Waals surface area (Å²) in [6.07, 6.45) is 5.19. The van der Waals surface area contributed by atoms with Gasteiger partial charge in [-0.05, 0) is 19.7 Å². The molecule has 2 heterocycles. The maximum Gasteiger partial charge on any atom is 0.240 e. The number of carbonyl (C=O) groups is 1. The molecule has 0 radical (unpaired) electrons. The Morgan fingerprint density at radius 1 is 1.26 bits per heavy atom. The van der Waals surface area contributed by atoms with Crippen LogP contribution in [0.4, 0.5) is 5.82 Å². The molecular formula is C20H21N5OS. The van der Waals surface area contributed by atoms with Crippen molar-refractivity contribution in [3.05, 3.63) is 41.5 Å². The van der Waals surface area contributed by atoms with Gasteiger partial charge in [-0.25, -0.2) is 9.97 Å². The second-order valence-corrected chi connectivity index (χ2v) is 7.11. The molecule has 6 nitrogen and oxygen atoms in total. The van der Waals surface area contributed by atoms with Crippen molar-refractivity contribution >= 4 is 33.3 Å². The molecule has 0 unspecified atom stereocenters. The maximum atomic E-state index is 11.9. The molecule has 2 N–H and O–H groups in total. The zero-order valence-corrected chi connectivity index (χ0v) is 16.1. The van der Waals surface area contributed by atoms with Crippen LogP contribution in [0.5, 0.6) is 0 Å². The van der Waals surface area contributed by atoms with Crippen LogP contribution in [0.3, 0.4) is 0 Å². The number of fused-ring (bicyclic) bond motifs is 1. The van der Waals surface area contributed by atoms with E-state index in [2.05, 4.69) is 39.1 Å². The summed E-state index contributed by atoms with van der Waals surface area (Å²) in [6, 6.07) is 10.1. The van der Waals surface area contributed by atoms with Crippen LogP contribution >= 0.6 is 11.3 Å². The molecule has 0 atom stereocenters. The lowest BCUT2D eigenvalue weighted by Gasteiger charge is -2.12. The number of aromatic nitrogens is 2. The van der Waals surface area contributed by atoms with Crippen LogP contribution in [0.25, 0.3) is 21.3 Å². The zero-order valence-electron chi connectivity index (χ0n) is 15.3. The fraction of sp³-hybridized carbons (Fsp3) is 0.250. The number of carbonyl (C=O) groups excluding carboxylic acids is 1. The molecule has 138 valence electrons. The quantitative estimate of drug-likeness (QED) is 0.618. The van der Waals surface area contributed by atoms with Gasteiger partial charge in [-0.2, -0.15) is 0 Å². The van der Waals surface area contributed by atoms with Crippen molar-refractivity contribution in [2.45, 2.75) is 6.54 Å². The lowest BCUT2D eigenvalue weighted by molar-refractivity contribution is -0.119. The van der Waals surface area contributed by atoms with E-state index in [1.165, 1.54) is 0 Å². The summed E-state index contributed by atoms with van der Waals surface area (Å²) in [5, 5.41) is 8.82. The number of thiophene rings is 1. The third-order valence-corrected chi connectivity index (χ3v) is 4.70. The van der Waals surface area contributed by atoms with Crippen molar-refractivity contribution in [1.82, 2.24) is 20.2 Å². The first-order valence-electron chi connectivity index (χ1n) is 8.50. The molecule has 3 aromatic rings. The fourth-order valence-electron chi connectivity index (χ4n) is 2.67. The average molecular weight is 379 g/mol. The number of nitrogens with zero attached hydrogens (tertiary/aromatic N) is 3. The third-order valence-electron chi connectivity index (χ3n) is 3.83. The summed E-state index contributed by atoms with van der Waals surface area (Å²) in [6.45, 7) is 0.922. The van der Waals surface area contributed by atoms with Crippen LogP contribution in [-0.4, -0.2) is 48.0 Å². The Kier molecular flexibility index (Phi) is 6.01. The standard InChI is InChI=1S/C20H21N5OS/c1-4-10-21-17(26)11-22-19-18-15(14-8-6-5-7-9-14)13-27-20(18)24-16(23-19)12-25(2)3/h1,5-9,13H,10-12H2,2-3H3,(H,21,26)(H,22,23,24). The van der Waals surface area contributed by atoms with Gasteiger partial charge in [0.15, 0.2) is 0 Å². The van der Waals surface area contributed by atoms with Gasteiger partial charge in [0.25, 0.3) is 0 Å². The number of amides is 1. The Hall–Kier alpha value is -2.95. The van der Waals surface area contributed by atoms with Gasteiger partial charge in [0.05, 0.1) is 25.0 Å². The number of anilines is 1. The summed E-state index contributed by atoms with van der Waals surface area (Å²) in [5.41, 5.74) is 2.14. The molecule has 0 aliphatic rings. The monoisotopic (exact) mass is 379 g/mol. The molecule has 0 fully saturated rings. The molecule has 0 saturated heterocycles. The van der Waals surface area contributed by atoms with Crippen LogP contribution in [0, 0.1) is 12.3 Å². The fourth-order valence-corrected chi connectivity index (χ4v) is 3.64. The highest BCUT2D eigenvalue weighted by Gasteiger charge is 2.16. The van der Waals surface area contributed by atoms with Crippen LogP contribution in [0.1, 0.15) is 5.82 Å². The minimum Gasteiger partial charge on any atom is -0.360 e. The Labute approximate surface area is 162 Å². The van der Waals surface area contributed by atoms with E-state index in [1.807, 2.05) is 37.2 Å². The van der Waals surface area contributed by atoms with E-state index < -0.39 is 0 Å². The molecule has 0 aliphatic carbocycles. The Bertz CT molecular complexity index is 975. The van der Waals surface area contributed by atoms with Crippen molar-refractivity contribution in [2.24, 2.45) is 0 Å². The van der Waals surface area contributed by atoms with Crippen molar-refractivity contribution in [2.75, 3.05) is 32.5 Å². The van der Waals surface area contributed by atoms with E-state index in [-0.39, 0.29) is 19.0 Å². The first-order valence-corrected chi connectivity index (χ1v) is 9.38. The molecule has 0 bridgehead atoms. The minimum absolute atomic E-state index is 0.0965. The number of benzene rings is 1. The van der Waals surface area contributed by atoms with Crippen LogP contribution in [0.15, 0.2) is 35.7 Å². The van der Waals surface area contributed by atoms with Crippen LogP contribution in [0.2, 0.25) is 0 Å². The topological polar surface area (TPSA) is 70.2 Å². The van der Waals surface area contributed by atoms with Gasteiger partial charge in [0.2, 0.25) is 5.91 Å². The second-order valence-electron chi connectivity index (χ2n) is 6.26. The summed E-state index contributed by atoms with van der Waals surface area (Å²) >= 11 is 1.58. The van der Waals surface area contributed by atoms with E-state index in [9.17, 15) is 4.79 Å². The molecule has 0 saturated carbocycles. The molecule has 1 amide bonds. The summed E-state index contributed by atoms with van der Waals surface area (Å²) < 4.78 is 0. The van der Waals surface area contributed by atoms with E-state index in [4.69, 9.17) is 11.4 Å². The van der Waals surface area contributed by atoms with Gasteiger partial charge in [-0.1, -0.05) is 36.3 Å². The number of nitrogens with one attached hydrogen (secondary N) is 2. The van der Waals surface area contributed by atoms with Crippen LogP contribution in [-0.2, 0) is 11.3 Å². The largest absolute Gasteiger partial charge is 0.360 e. The number of hydrogen-bond donors (Lipinski definition) is 2. The van der Waals surface area contributed by atoms with Crippen molar-refractivity contribution in [3.63, 3.8) is 0 Å². The third kappa shape index (κ3) is 4.61.